The van der Waals surface area contributed by atoms with E-state index in [1.165, 1.54) is 75.7 Å². The molecule has 6 heterocycles. The molecule has 1 N–H and O–H groups in total. The van der Waals surface area contributed by atoms with Crippen LogP contribution in [0.5, 0.6) is 6.01 Å². The summed E-state index contributed by atoms with van der Waals surface area (Å²) in [6, 6.07) is 7.52. The molecule has 1 saturated carbocycles. The van der Waals surface area contributed by atoms with E-state index in [0.29, 0.717) is 31.6 Å². The van der Waals surface area contributed by atoms with Gasteiger partial charge in [0.2, 0.25) is 0 Å². The molecule has 9 nitrogen and oxygen atoms in total. The van der Waals surface area contributed by atoms with Gasteiger partial charge in [0.15, 0.2) is 0 Å². The van der Waals surface area contributed by atoms with Gasteiger partial charge in [0.1, 0.15) is 12.4 Å². The first-order valence-electron chi connectivity index (χ1n) is 17.0. The highest BCUT2D eigenvalue weighted by molar-refractivity contribution is 5.68. The van der Waals surface area contributed by atoms with E-state index in [2.05, 4.69) is 32.9 Å². The molecule has 3 atom stereocenters. The van der Waals surface area contributed by atoms with Gasteiger partial charge in [-0.15, -0.1) is 0 Å². The predicted molar refractivity (Wildman–Crippen MR) is 164 cm³/mol. The zero-order valence-electron chi connectivity index (χ0n) is 25.2. The summed E-state index contributed by atoms with van der Waals surface area (Å²) >= 11 is 0. The number of ether oxygens (including phenoxy) is 1. The van der Waals surface area contributed by atoms with Crippen LogP contribution in [0.15, 0.2) is 18.2 Å². The van der Waals surface area contributed by atoms with E-state index in [0.717, 1.165) is 49.8 Å². The third kappa shape index (κ3) is 4.31. The lowest BCUT2D eigenvalue weighted by Crippen LogP contribution is -2.56. The molecule has 2 aliphatic carbocycles. The van der Waals surface area contributed by atoms with E-state index in [1.807, 2.05) is 0 Å². The molecule has 5 fully saturated rings. The number of carboxylic acid groups (broad SMARTS) is 1. The van der Waals surface area contributed by atoms with Crippen molar-refractivity contribution in [1.29, 1.82) is 0 Å². The van der Waals surface area contributed by atoms with Crippen LogP contribution in [-0.2, 0) is 19.4 Å². The molecule has 43 heavy (non-hydrogen) atoms. The molecule has 228 valence electrons. The van der Waals surface area contributed by atoms with Gasteiger partial charge in [0.05, 0.1) is 29.9 Å². The Morgan fingerprint density at radius 3 is 2.49 bits per heavy atom. The summed E-state index contributed by atoms with van der Waals surface area (Å²) in [5.41, 5.74) is 7.04. The number of aryl methyl sites for hydroxylation is 1. The summed E-state index contributed by atoms with van der Waals surface area (Å²) in [6.45, 7) is 6.13. The van der Waals surface area contributed by atoms with Crippen molar-refractivity contribution >= 4 is 17.6 Å². The molecule has 1 amide bonds. The van der Waals surface area contributed by atoms with Gasteiger partial charge in [-0.2, -0.15) is 9.97 Å². The Morgan fingerprint density at radius 2 is 1.74 bits per heavy atom. The molecule has 1 unspecified atom stereocenters. The van der Waals surface area contributed by atoms with Crippen molar-refractivity contribution in [3.05, 3.63) is 40.6 Å². The summed E-state index contributed by atoms with van der Waals surface area (Å²) in [5.74, 6) is 2.58. The molecule has 9 rings (SSSR count). The van der Waals surface area contributed by atoms with E-state index >= 15 is 0 Å². The van der Waals surface area contributed by atoms with Gasteiger partial charge in [-0.1, -0.05) is 12.1 Å². The van der Waals surface area contributed by atoms with Crippen LogP contribution >= 0.6 is 0 Å². The smallest absolute Gasteiger partial charge is 0.407 e. The quantitative estimate of drug-likeness (QED) is 0.518. The molecule has 0 spiro atoms. The third-order valence-corrected chi connectivity index (χ3v) is 12.1. The second-order valence-corrected chi connectivity index (χ2v) is 14.4. The van der Waals surface area contributed by atoms with Crippen LogP contribution in [0.1, 0.15) is 86.1 Å². The van der Waals surface area contributed by atoms with E-state index in [4.69, 9.17) is 14.7 Å². The first-order valence-corrected chi connectivity index (χ1v) is 17.0. The molecule has 1 aromatic carbocycles. The van der Waals surface area contributed by atoms with Crippen molar-refractivity contribution in [3.63, 3.8) is 0 Å². The van der Waals surface area contributed by atoms with Crippen molar-refractivity contribution < 1.29 is 14.6 Å². The molecule has 4 saturated heterocycles. The first-order chi connectivity index (χ1) is 21.1. The Kier molecular flexibility index (Phi) is 6.11. The van der Waals surface area contributed by atoms with E-state index < -0.39 is 6.09 Å². The van der Waals surface area contributed by atoms with Crippen LogP contribution in [-0.4, -0.2) is 87.9 Å². The van der Waals surface area contributed by atoms with Gasteiger partial charge in [-0.25, -0.2) is 4.79 Å². The van der Waals surface area contributed by atoms with Crippen LogP contribution in [0.3, 0.4) is 0 Å². The number of anilines is 2. The van der Waals surface area contributed by atoms with Crippen LogP contribution < -0.4 is 14.5 Å². The van der Waals surface area contributed by atoms with Gasteiger partial charge in [0, 0.05) is 30.9 Å². The number of amides is 1. The SMILES string of the molecule is O=C(O)N1[C@@H]2CC[C@H]1CN(c1nc(OCC34CCCN3CCC4)nc3c1CCN(c1cccc4c1C(C1CC1)CC4)C3)C2. The van der Waals surface area contributed by atoms with Crippen molar-refractivity contribution in [1.82, 2.24) is 19.8 Å². The van der Waals surface area contributed by atoms with Gasteiger partial charge in [0.25, 0.3) is 0 Å². The minimum absolute atomic E-state index is 0.0296. The van der Waals surface area contributed by atoms with Crippen LogP contribution in [0.4, 0.5) is 16.3 Å². The Morgan fingerprint density at radius 1 is 0.953 bits per heavy atom. The number of hydrogen-bond donors (Lipinski definition) is 1. The summed E-state index contributed by atoms with van der Waals surface area (Å²) in [4.78, 5) is 31.6. The lowest BCUT2D eigenvalue weighted by atomic mass is 9.93. The number of benzene rings is 1. The summed E-state index contributed by atoms with van der Waals surface area (Å²) < 4.78 is 6.58. The highest BCUT2D eigenvalue weighted by Crippen LogP contribution is 2.52. The highest BCUT2D eigenvalue weighted by atomic mass is 16.5. The Hall–Kier alpha value is -3.07. The lowest BCUT2D eigenvalue weighted by molar-refractivity contribution is 0.107. The van der Waals surface area contributed by atoms with Crippen molar-refractivity contribution in [2.45, 2.75) is 101 Å². The Bertz CT molecular complexity index is 1420. The van der Waals surface area contributed by atoms with E-state index in [-0.39, 0.29) is 17.6 Å². The number of hydrogen-bond acceptors (Lipinski definition) is 7. The molecular weight excluding hydrogens is 540 g/mol. The topological polar surface area (TPSA) is 85.3 Å². The molecule has 1 aromatic heterocycles. The van der Waals surface area contributed by atoms with Crippen molar-refractivity contribution in [2.24, 2.45) is 5.92 Å². The zero-order chi connectivity index (χ0) is 28.7. The summed E-state index contributed by atoms with van der Waals surface area (Å²) in [7, 11) is 0. The van der Waals surface area contributed by atoms with Crippen molar-refractivity contribution in [2.75, 3.05) is 49.1 Å². The minimum atomic E-state index is -0.784. The average Bonchev–Trinajstić information content (AvgIpc) is 3.31. The molecule has 5 aliphatic heterocycles. The molecule has 2 bridgehead atoms. The van der Waals surface area contributed by atoms with Crippen molar-refractivity contribution in [3.8, 4) is 6.01 Å². The number of nitrogens with zero attached hydrogens (tertiary/aromatic N) is 6. The number of aromatic nitrogens is 2. The van der Waals surface area contributed by atoms with Gasteiger partial charge in [-0.3, -0.25) is 9.80 Å². The largest absolute Gasteiger partial charge is 0.465 e. The molecule has 9 heteroatoms. The van der Waals surface area contributed by atoms with E-state index in [9.17, 15) is 9.90 Å². The van der Waals surface area contributed by atoms with Gasteiger partial charge >= 0.3 is 12.1 Å². The predicted octanol–water partition coefficient (Wildman–Crippen LogP) is 4.82. The standard InChI is InChI=1S/C34H44N6O3/c41-33(42)40-24-9-10-25(40)19-38(18-24)31-27-12-17-37(29-5-1-4-23-8-11-26(30(23)29)22-6-7-22)20-28(27)35-32(36-31)43-21-34-13-2-15-39(34)16-3-14-34/h1,4-5,22,24-26H,2-3,6-21H2,(H,41,42)/t24-,25+,26?. The number of rotatable bonds is 6. The Labute approximate surface area is 254 Å². The number of fused-ring (bicyclic) bond motifs is 5. The second kappa shape index (κ2) is 9.98. The summed E-state index contributed by atoms with van der Waals surface area (Å²) in [6.07, 6.45) is 12.1. The highest BCUT2D eigenvalue weighted by Gasteiger charge is 2.46. The fourth-order valence-electron chi connectivity index (χ4n) is 9.91. The fourth-order valence-corrected chi connectivity index (χ4v) is 9.91. The zero-order valence-corrected chi connectivity index (χ0v) is 25.2. The maximum Gasteiger partial charge on any atom is 0.407 e. The fraction of sp³-hybridized carbons (Fsp3) is 0.676. The molecular formula is C34H44N6O3. The monoisotopic (exact) mass is 584 g/mol. The normalized spacial score (nSPS) is 29.1. The number of carbonyl (C=O) groups is 1. The molecule has 2 aromatic rings. The average molecular weight is 585 g/mol. The van der Waals surface area contributed by atoms with E-state index in [1.54, 1.807) is 16.0 Å². The summed E-state index contributed by atoms with van der Waals surface area (Å²) in [5, 5.41) is 9.87. The lowest BCUT2D eigenvalue weighted by Gasteiger charge is -2.41. The molecule has 0 radical (unpaired) electrons. The first kappa shape index (κ1) is 26.3. The number of piperazine rings is 1. The third-order valence-electron chi connectivity index (χ3n) is 12.1. The van der Waals surface area contributed by atoms with Crippen LogP contribution in [0, 0.1) is 5.92 Å². The van der Waals surface area contributed by atoms with Crippen LogP contribution in [0.2, 0.25) is 0 Å². The second-order valence-electron chi connectivity index (χ2n) is 14.4. The molecule has 7 aliphatic rings. The minimum Gasteiger partial charge on any atom is -0.465 e. The maximum atomic E-state index is 12.0. The Balaban J connectivity index is 1.05. The van der Waals surface area contributed by atoms with Gasteiger partial charge in [-0.05, 0) is 113 Å². The van der Waals surface area contributed by atoms with Gasteiger partial charge < -0.3 is 19.6 Å². The maximum absolute atomic E-state index is 12.0. The van der Waals surface area contributed by atoms with Crippen LogP contribution in [0.25, 0.3) is 0 Å².